The average molecular weight is 207 g/mol. The van der Waals surface area contributed by atoms with Crippen LogP contribution in [0.25, 0.3) is 0 Å². The van der Waals surface area contributed by atoms with Crippen molar-refractivity contribution in [3.8, 4) is 0 Å². The molecular formula is C13H21NO. The molecule has 0 spiro atoms. The molecule has 0 saturated heterocycles. The lowest BCUT2D eigenvalue weighted by atomic mass is 10.1. The Labute approximate surface area is 92.4 Å². The number of hydrogen-bond acceptors (Lipinski definition) is 1. The van der Waals surface area contributed by atoms with Crippen LogP contribution in [0.5, 0.6) is 0 Å². The smallest absolute Gasteiger partial charge is 0.223 e. The van der Waals surface area contributed by atoms with Gasteiger partial charge in [-0.25, -0.2) is 0 Å². The molecule has 15 heavy (non-hydrogen) atoms. The Bertz CT molecular complexity index is 262. The van der Waals surface area contributed by atoms with E-state index in [1.54, 1.807) is 0 Å². The molecule has 0 heterocycles. The maximum atomic E-state index is 11.3. The number of carbonyl (C=O) groups excluding carboxylic acids is 1. The van der Waals surface area contributed by atoms with Gasteiger partial charge in [-0.1, -0.05) is 23.8 Å². The summed E-state index contributed by atoms with van der Waals surface area (Å²) in [5.74, 6) is 0.550. The first-order valence-electron chi connectivity index (χ1n) is 5.78. The van der Waals surface area contributed by atoms with Gasteiger partial charge in [0.2, 0.25) is 5.91 Å². The highest BCUT2D eigenvalue weighted by Crippen LogP contribution is 2.28. The van der Waals surface area contributed by atoms with Crippen LogP contribution in [0.1, 0.15) is 39.5 Å². The summed E-state index contributed by atoms with van der Waals surface area (Å²) in [6, 6.07) is 0. The van der Waals surface area contributed by atoms with Gasteiger partial charge in [-0.05, 0) is 39.5 Å². The Morgan fingerprint density at radius 1 is 1.47 bits per heavy atom. The molecule has 1 rings (SSSR count). The van der Waals surface area contributed by atoms with Crippen LogP contribution in [0.4, 0.5) is 0 Å². The van der Waals surface area contributed by atoms with Crippen molar-refractivity contribution < 1.29 is 4.79 Å². The van der Waals surface area contributed by atoms with Crippen LogP contribution in [-0.4, -0.2) is 12.5 Å². The van der Waals surface area contributed by atoms with Gasteiger partial charge in [0, 0.05) is 12.5 Å². The minimum atomic E-state index is 0.229. The molecule has 1 N–H and O–H groups in total. The highest BCUT2D eigenvalue weighted by Gasteiger charge is 2.28. The molecule has 0 aromatic heterocycles. The van der Waals surface area contributed by atoms with E-state index in [1.807, 2.05) is 6.92 Å². The summed E-state index contributed by atoms with van der Waals surface area (Å²) in [5.41, 5.74) is 1.35. The molecule has 1 fully saturated rings. The van der Waals surface area contributed by atoms with E-state index in [9.17, 15) is 4.79 Å². The van der Waals surface area contributed by atoms with Crippen molar-refractivity contribution in [2.75, 3.05) is 6.54 Å². The van der Waals surface area contributed by atoms with Gasteiger partial charge in [-0.15, -0.1) is 0 Å². The predicted molar refractivity (Wildman–Crippen MR) is 63.5 cm³/mol. The number of hydrogen-bond donors (Lipinski definition) is 1. The Kier molecular flexibility index (Phi) is 5.16. The molecule has 1 aliphatic rings. The van der Waals surface area contributed by atoms with Crippen LogP contribution < -0.4 is 5.32 Å². The van der Waals surface area contributed by atoms with E-state index in [1.165, 1.54) is 5.57 Å². The van der Waals surface area contributed by atoms with E-state index in [4.69, 9.17) is 0 Å². The summed E-state index contributed by atoms with van der Waals surface area (Å²) in [7, 11) is 0. The number of rotatable bonds is 6. The molecule has 1 amide bonds. The molecule has 0 aromatic carbocycles. The number of allylic oxidation sites excluding steroid dienone is 3. The Balaban J connectivity index is 2.09. The SMILES string of the molecule is C/C=C/CC/C(C)=C\CNC(=O)C1CC1. The number of nitrogens with one attached hydrogen (secondary N) is 1. The predicted octanol–water partition coefficient (Wildman–Crippen LogP) is 2.82. The molecule has 0 atom stereocenters. The van der Waals surface area contributed by atoms with E-state index >= 15 is 0 Å². The molecule has 84 valence electrons. The second-order valence-electron chi connectivity index (χ2n) is 4.18. The van der Waals surface area contributed by atoms with Crippen molar-refractivity contribution in [1.82, 2.24) is 5.32 Å². The van der Waals surface area contributed by atoms with Crippen molar-refractivity contribution in [2.45, 2.75) is 39.5 Å². The van der Waals surface area contributed by atoms with Gasteiger partial charge in [0.15, 0.2) is 0 Å². The van der Waals surface area contributed by atoms with Crippen LogP contribution >= 0.6 is 0 Å². The Morgan fingerprint density at radius 2 is 2.20 bits per heavy atom. The van der Waals surface area contributed by atoms with E-state index in [-0.39, 0.29) is 5.91 Å². The first-order chi connectivity index (χ1) is 7.24. The summed E-state index contributed by atoms with van der Waals surface area (Å²) >= 11 is 0. The summed E-state index contributed by atoms with van der Waals surface area (Å²) in [6.45, 7) is 4.85. The van der Waals surface area contributed by atoms with Crippen LogP contribution in [0.3, 0.4) is 0 Å². The number of amides is 1. The third kappa shape index (κ3) is 5.40. The van der Waals surface area contributed by atoms with Gasteiger partial charge in [-0.2, -0.15) is 0 Å². The van der Waals surface area contributed by atoms with Crippen molar-refractivity contribution in [2.24, 2.45) is 5.92 Å². The summed E-state index contributed by atoms with van der Waals surface area (Å²) in [6.07, 6.45) is 10.7. The van der Waals surface area contributed by atoms with Crippen LogP contribution in [0.2, 0.25) is 0 Å². The second-order valence-corrected chi connectivity index (χ2v) is 4.18. The van der Waals surface area contributed by atoms with E-state index in [2.05, 4.69) is 30.5 Å². The lowest BCUT2D eigenvalue weighted by molar-refractivity contribution is -0.122. The molecule has 0 aliphatic heterocycles. The van der Waals surface area contributed by atoms with Crippen molar-refractivity contribution in [3.63, 3.8) is 0 Å². The minimum absolute atomic E-state index is 0.229. The summed E-state index contributed by atoms with van der Waals surface area (Å²) < 4.78 is 0. The second kappa shape index (κ2) is 6.44. The summed E-state index contributed by atoms with van der Waals surface area (Å²) in [5, 5.41) is 2.93. The molecular weight excluding hydrogens is 186 g/mol. The van der Waals surface area contributed by atoms with Crippen LogP contribution in [0.15, 0.2) is 23.8 Å². The minimum Gasteiger partial charge on any atom is -0.352 e. The Hall–Kier alpha value is -1.05. The van der Waals surface area contributed by atoms with Crippen LogP contribution in [0, 0.1) is 5.92 Å². The third-order valence-electron chi connectivity index (χ3n) is 2.62. The lowest BCUT2D eigenvalue weighted by Gasteiger charge is -2.01. The van der Waals surface area contributed by atoms with E-state index in [0.717, 1.165) is 25.7 Å². The highest BCUT2D eigenvalue weighted by atomic mass is 16.2. The van der Waals surface area contributed by atoms with E-state index < -0.39 is 0 Å². The molecule has 0 radical (unpaired) electrons. The molecule has 2 nitrogen and oxygen atoms in total. The van der Waals surface area contributed by atoms with Gasteiger partial charge in [0.1, 0.15) is 0 Å². The highest BCUT2D eigenvalue weighted by molar-refractivity contribution is 5.80. The van der Waals surface area contributed by atoms with Gasteiger partial charge < -0.3 is 5.32 Å². The van der Waals surface area contributed by atoms with Crippen molar-refractivity contribution in [3.05, 3.63) is 23.8 Å². The van der Waals surface area contributed by atoms with Crippen LogP contribution in [-0.2, 0) is 4.79 Å². The molecule has 0 unspecified atom stereocenters. The monoisotopic (exact) mass is 207 g/mol. The zero-order chi connectivity index (χ0) is 11.1. The van der Waals surface area contributed by atoms with Gasteiger partial charge >= 0.3 is 0 Å². The number of carbonyl (C=O) groups is 1. The average Bonchev–Trinajstić information content (AvgIpc) is 3.01. The molecule has 2 heteroatoms. The topological polar surface area (TPSA) is 29.1 Å². The third-order valence-corrected chi connectivity index (χ3v) is 2.62. The maximum Gasteiger partial charge on any atom is 0.223 e. The largest absolute Gasteiger partial charge is 0.352 e. The van der Waals surface area contributed by atoms with E-state index in [0.29, 0.717) is 12.5 Å². The zero-order valence-electron chi connectivity index (χ0n) is 9.75. The quantitative estimate of drug-likeness (QED) is 0.667. The Morgan fingerprint density at radius 3 is 2.80 bits per heavy atom. The standard InChI is InChI=1S/C13H21NO/c1-3-4-5-6-11(2)9-10-14-13(15)12-7-8-12/h3-4,9,12H,5-8,10H2,1-2H3,(H,14,15)/b4-3+,11-9-. The first kappa shape index (κ1) is 12.0. The molecule has 1 saturated carbocycles. The zero-order valence-corrected chi connectivity index (χ0v) is 9.75. The normalized spacial score (nSPS) is 17.1. The first-order valence-corrected chi connectivity index (χ1v) is 5.78. The molecule has 0 bridgehead atoms. The van der Waals surface area contributed by atoms with Crippen molar-refractivity contribution >= 4 is 5.91 Å². The van der Waals surface area contributed by atoms with Gasteiger partial charge in [0.05, 0.1) is 0 Å². The molecule has 1 aliphatic carbocycles. The molecule has 0 aromatic rings. The lowest BCUT2D eigenvalue weighted by Crippen LogP contribution is -2.24. The fraction of sp³-hybridized carbons (Fsp3) is 0.615. The fourth-order valence-corrected chi connectivity index (χ4v) is 1.40. The maximum absolute atomic E-state index is 11.3. The van der Waals surface area contributed by atoms with Crippen molar-refractivity contribution in [1.29, 1.82) is 0 Å². The van der Waals surface area contributed by atoms with Gasteiger partial charge in [0.25, 0.3) is 0 Å². The van der Waals surface area contributed by atoms with Gasteiger partial charge in [-0.3, -0.25) is 4.79 Å². The summed E-state index contributed by atoms with van der Waals surface area (Å²) in [4.78, 5) is 11.3. The fourth-order valence-electron chi connectivity index (χ4n) is 1.40.